The zero-order chi connectivity index (χ0) is 12.3. The van der Waals surface area contributed by atoms with Crippen molar-refractivity contribution >= 4 is 5.91 Å². The third-order valence-electron chi connectivity index (χ3n) is 2.92. The van der Waals surface area contributed by atoms with Crippen LogP contribution in [0.5, 0.6) is 0 Å². The van der Waals surface area contributed by atoms with Crippen molar-refractivity contribution in [2.75, 3.05) is 33.2 Å². The Balaban J connectivity index is 1.98. The predicted molar refractivity (Wildman–Crippen MR) is 63.3 cm³/mol. The Bertz CT molecular complexity index is 401. The van der Waals surface area contributed by atoms with Crippen LogP contribution in [0.3, 0.4) is 0 Å². The van der Waals surface area contributed by atoms with Gasteiger partial charge >= 0.3 is 0 Å². The Hall–Kier alpha value is -1.53. The molecule has 1 aromatic rings. The summed E-state index contributed by atoms with van der Waals surface area (Å²) in [7, 11) is 2.11. The molecule has 1 aliphatic heterocycles. The van der Waals surface area contributed by atoms with Crippen LogP contribution in [0, 0.1) is 0 Å². The molecule has 0 bridgehead atoms. The first-order valence-corrected chi connectivity index (χ1v) is 5.68. The monoisotopic (exact) mass is 235 g/mol. The summed E-state index contributed by atoms with van der Waals surface area (Å²) in [6.45, 7) is 4.78. The first kappa shape index (κ1) is 11.9. The molecule has 6 nitrogen and oxygen atoms in total. The third kappa shape index (κ3) is 3.21. The van der Waals surface area contributed by atoms with E-state index >= 15 is 0 Å². The Morgan fingerprint density at radius 2 is 2.12 bits per heavy atom. The van der Waals surface area contributed by atoms with Gasteiger partial charge in [0.2, 0.25) is 0 Å². The van der Waals surface area contributed by atoms with Crippen molar-refractivity contribution in [3.8, 4) is 0 Å². The number of rotatable bonds is 3. The minimum atomic E-state index is -0.507. The van der Waals surface area contributed by atoms with Gasteiger partial charge in [0.1, 0.15) is 11.5 Å². The maximum atomic E-state index is 11.0. The number of nitrogens with zero attached hydrogens (tertiary/aromatic N) is 4. The van der Waals surface area contributed by atoms with Gasteiger partial charge in [0, 0.05) is 32.4 Å². The van der Waals surface area contributed by atoms with Crippen molar-refractivity contribution in [1.29, 1.82) is 0 Å². The second-order valence-electron chi connectivity index (χ2n) is 4.30. The predicted octanol–water partition coefficient (Wildman–Crippen LogP) is -0.677. The summed E-state index contributed by atoms with van der Waals surface area (Å²) in [4.78, 5) is 23.9. The molecule has 0 aliphatic carbocycles. The molecule has 0 aromatic carbocycles. The molecular weight excluding hydrogens is 218 g/mol. The third-order valence-corrected chi connectivity index (χ3v) is 2.92. The number of amides is 1. The molecule has 17 heavy (non-hydrogen) atoms. The molecule has 92 valence electrons. The molecule has 0 saturated carbocycles. The van der Waals surface area contributed by atoms with E-state index in [1.807, 2.05) is 0 Å². The largest absolute Gasteiger partial charge is 0.364 e. The van der Waals surface area contributed by atoms with Gasteiger partial charge in [-0.1, -0.05) is 0 Å². The van der Waals surface area contributed by atoms with Crippen LogP contribution in [-0.2, 0) is 6.54 Å². The number of piperazine rings is 1. The van der Waals surface area contributed by atoms with Crippen molar-refractivity contribution in [3.05, 3.63) is 23.8 Å². The number of hydrogen-bond acceptors (Lipinski definition) is 5. The SMILES string of the molecule is CN1CCN(Cc2nccc(C(N)=O)n2)CC1. The van der Waals surface area contributed by atoms with Crippen LogP contribution >= 0.6 is 0 Å². The van der Waals surface area contributed by atoms with E-state index in [0.29, 0.717) is 12.4 Å². The van der Waals surface area contributed by atoms with Crippen LogP contribution in [0.15, 0.2) is 12.3 Å². The summed E-state index contributed by atoms with van der Waals surface area (Å²) in [5, 5.41) is 0. The average Bonchev–Trinajstić information content (AvgIpc) is 2.32. The van der Waals surface area contributed by atoms with Crippen LogP contribution in [0.1, 0.15) is 16.3 Å². The van der Waals surface area contributed by atoms with Crippen molar-refractivity contribution in [3.63, 3.8) is 0 Å². The number of carbonyl (C=O) groups excluding carboxylic acids is 1. The van der Waals surface area contributed by atoms with Crippen LogP contribution in [0.2, 0.25) is 0 Å². The maximum absolute atomic E-state index is 11.0. The molecule has 1 aliphatic rings. The molecule has 0 radical (unpaired) electrons. The van der Waals surface area contributed by atoms with Gasteiger partial charge in [-0.3, -0.25) is 9.69 Å². The van der Waals surface area contributed by atoms with E-state index in [-0.39, 0.29) is 5.69 Å². The van der Waals surface area contributed by atoms with Crippen LogP contribution in [0.25, 0.3) is 0 Å². The molecule has 6 heteroatoms. The van der Waals surface area contributed by atoms with Crippen LogP contribution < -0.4 is 5.73 Å². The summed E-state index contributed by atoms with van der Waals surface area (Å²) in [5.74, 6) is 0.151. The van der Waals surface area contributed by atoms with Crippen molar-refractivity contribution in [1.82, 2.24) is 19.8 Å². The Morgan fingerprint density at radius 3 is 2.76 bits per heavy atom. The molecule has 1 aromatic heterocycles. The highest BCUT2D eigenvalue weighted by atomic mass is 16.1. The van der Waals surface area contributed by atoms with Gasteiger partial charge in [-0.05, 0) is 13.1 Å². The Labute approximate surface area is 100 Å². The normalized spacial score (nSPS) is 18.2. The molecule has 1 saturated heterocycles. The first-order chi connectivity index (χ1) is 8.15. The van der Waals surface area contributed by atoms with Gasteiger partial charge in [0.05, 0.1) is 6.54 Å². The highest BCUT2D eigenvalue weighted by Gasteiger charge is 2.15. The topological polar surface area (TPSA) is 75.3 Å². The number of hydrogen-bond donors (Lipinski definition) is 1. The molecule has 0 unspecified atom stereocenters. The fourth-order valence-corrected chi connectivity index (χ4v) is 1.82. The van der Waals surface area contributed by atoms with E-state index in [0.717, 1.165) is 26.2 Å². The van der Waals surface area contributed by atoms with Gasteiger partial charge in [0.15, 0.2) is 0 Å². The van der Waals surface area contributed by atoms with Gasteiger partial charge in [-0.2, -0.15) is 0 Å². The summed E-state index contributed by atoms with van der Waals surface area (Å²) < 4.78 is 0. The minimum Gasteiger partial charge on any atom is -0.364 e. The second-order valence-corrected chi connectivity index (χ2v) is 4.30. The molecule has 0 atom stereocenters. The van der Waals surface area contributed by atoms with E-state index in [1.54, 1.807) is 6.20 Å². The number of primary amides is 1. The molecule has 2 rings (SSSR count). The lowest BCUT2D eigenvalue weighted by molar-refractivity contribution is 0.0994. The van der Waals surface area contributed by atoms with E-state index < -0.39 is 5.91 Å². The first-order valence-electron chi connectivity index (χ1n) is 5.68. The lowest BCUT2D eigenvalue weighted by atomic mass is 10.3. The highest BCUT2D eigenvalue weighted by molar-refractivity contribution is 5.90. The van der Waals surface area contributed by atoms with E-state index in [4.69, 9.17) is 5.73 Å². The van der Waals surface area contributed by atoms with E-state index in [9.17, 15) is 4.79 Å². The Morgan fingerprint density at radius 1 is 1.41 bits per heavy atom. The standard InChI is InChI=1S/C11H17N5O/c1-15-4-6-16(7-5-15)8-10-13-3-2-9(14-10)11(12)17/h2-3H,4-8H2,1H3,(H2,12,17). The summed E-state index contributed by atoms with van der Waals surface area (Å²) in [6.07, 6.45) is 1.58. The highest BCUT2D eigenvalue weighted by Crippen LogP contribution is 2.04. The maximum Gasteiger partial charge on any atom is 0.267 e. The number of carbonyl (C=O) groups is 1. The quantitative estimate of drug-likeness (QED) is 0.751. The smallest absolute Gasteiger partial charge is 0.267 e. The number of aromatic nitrogens is 2. The van der Waals surface area contributed by atoms with Crippen LogP contribution in [-0.4, -0.2) is 58.9 Å². The molecule has 1 fully saturated rings. The fraction of sp³-hybridized carbons (Fsp3) is 0.545. The zero-order valence-electron chi connectivity index (χ0n) is 9.96. The summed E-state index contributed by atoms with van der Waals surface area (Å²) in [5.41, 5.74) is 5.47. The molecule has 0 spiro atoms. The minimum absolute atomic E-state index is 0.282. The lowest BCUT2D eigenvalue weighted by Gasteiger charge is -2.31. The number of nitrogens with two attached hydrogens (primary N) is 1. The average molecular weight is 235 g/mol. The Kier molecular flexibility index (Phi) is 3.65. The van der Waals surface area contributed by atoms with Gasteiger partial charge in [-0.25, -0.2) is 9.97 Å². The molecule has 2 heterocycles. The van der Waals surface area contributed by atoms with Crippen molar-refractivity contribution in [2.45, 2.75) is 6.54 Å². The zero-order valence-corrected chi connectivity index (χ0v) is 9.96. The van der Waals surface area contributed by atoms with Gasteiger partial charge in [0.25, 0.3) is 5.91 Å². The van der Waals surface area contributed by atoms with E-state index in [2.05, 4.69) is 26.8 Å². The van der Waals surface area contributed by atoms with Crippen molar-refractivity contribution in [2.24, 2.45) is 5.73 Å². The molecule has 1 amide bonds. The van der Waals surface area contributed by atoms with Gasteiger partial charge < -0.3 is 10.6 Å². The van der Waals surface area contributed by atoms with Crippen LogP contribution in [0.4, 0.5) is 0 Å². The lowest BCUT2D eigenvalue weighted by Crippen LogP contribution is -2.44. The second kappa shape index (κ2) is 5.20. The molecule has 2 N–H and O–H groups in total. The fourth-order valence-electron chi connectivity index (χ4n) is 1.82. The number of likely N-dealkylation sites (N-methyl/N-ethyl adjacent to an activating group) is 1. The van der Waals surface area contributed by atoms with Crippen molar-refractivity contribution < 1.29 is 4.79 Å². The molecular formula is C11H17N5O. The van der Waals surface area contributed by atoms with Gasteiger partial charge in [-0.15, -0.1) is 0 Å². The summed E-state index contributed by atoms with van der Waals surface area (Å²) >= 11 is 0. The summed E-state index contributed by atoms with van der Waals surface area (Å²) in [6, 6.07) is 1.54. The van der Waals surface area contributed by atoms with E-state index in [1.165, 1.54) is 6.07 Å².